The Labute approximate surface area is 114 Å². The maximum Gasteiger partial charge on any atom is 0.303 e. The van der Waals surface area contributed by atoms with Gasteiger partial charge in [0, 0.05) is 18.3 Å². The molecule has 0 amide bonds. The highest BCUT2D eigenvalue weighted by atomic mass is 16.6. The largest absolute Gasteiger partial charge is 0.459 e. The van der Waals surface area contributed by atoms with Crippen molar-refractivity contribution in [3.05, 3.63) is 0 Å². The number of aliphatic hydroxyl groups is 1. The van der Waals surface area contributed by atoms with Crippen LogP contribution in [0.3, 0.4) is 0 Å². The van der Waals surface area contributed by atoms with Gasteiger partial charge >= 0.3 is 5.97 Å². The molecular weight excluding hydrogens is 240 g/mol. The van der Waals surface area contributed by atoms with Gasteiger partial charge in [-0.2, -0.15) is 0 Å². The highest BCUT2D eigenvalue weighted by molar-refractivity contribution is 5.67. The van der Waals surface area contributed by atoms with E-state index in [-0.39, 0.29) is 23.1 Å². The summed E-state index contributed by atoms with van der Waals surface area (Å²) < 4.78 is 5.75. The Balaban J connectivity index is 1.68. The monoisotopic (exact) mass is 264 g/mol. The van der Waals surface area contributed by atoms with Gasteiger partial charge in [-0.1, -0.05) is 13.3 Å². The molecule has 4 aliphatic rings. The zero-order valence-electron chi connectivity index (χ0n) is 11.9. The van der Waals surface area contributed by atoms with Crippen molar-refractivity contribution in [2.45, 2.75) is 70.5 Å². The van der Waals surface area contributed by atoms with Gasteiger partial charge in [0.25, 0.3) is 0 Å². The second kappa shape index (κ2) is 3.36. The molecule has 0 aromatic carbocycles. The molecule has 6 unspecified atom stereocenters. The lowest BCUT2D eigenvalue weighted by molar-refractivity contribution is -0.330. The molecule has 0 aliphatic heterocycles. The fraction of sp³-hybridized carbons (Fsp3) is 0.938. The predicted molar refractivity (Wildman–Crippen MR) is 70.3 cm³/mol. The van der Waals surface area contributed by atoms with Gasteiger partial charge in [-0.3, -0.25) is 4.79 Å². The third-order valence-electron chi connectivity index (χ3n) is 6.84. The normalized spacial score (nSPS) is 58.2. The Bertz CT molecular complexity index is 447. The van der Waals surface area contributed by atoms with Crippen molar-refractivity contribution < 1.29 is 14.6 Å². The van der Waals surface area contributed by atoms with Crippen molar-refractivity contribution >= 4 is 5.97 Å². The van der Waals surface area contributed by atoms with Gasteiger partial charge in [0.1, 0.15) is 5.60 Å². The summed E-state index contributed by atoms with van der Waals surface area (Å²) in [5, 5.41) is 10.6. The number of ether oxygens (including phenoxy) is 1. The minimum absolute atomic E-state index is 0.0978. The molecule has 0 radical (unpaired) electrons. The van der Waals surface area contributed by atoms with Crippen LogP contribution in [0.1, 0.15) is 58.8 Å². The van der Waals surface area contributed by atoms with Crippen LogP contribution in [0.2, 0.25) is 0 Å². The fourth-order valence-corrected chi connectivity index (χ4v) is 6.52. The van der Waals surface area contributed by atoms with Crippen molar-refractivity contribution in [1.29, 1.82) is 0 Å². The summed E-state index contributed by atoms with van der Waals surface area (Å²) in [6.07, 6.45) is 7.58. The molecule has 1 N–H and O–H groups in total. The van der Waals surface area contributed by atoms with Gasteiger partial charge in [0.05, 0.1) is 6.10 Å². The van der Waals surface area contributed by atoms with Crippen LogP contribution in [-0.2, 0) is 9.53 Å². The number of aliphatic hydroxyl groups excluding tert-OH is 1. The zero-order chi connectivity index (χ0) is 13.5. The molecule has 4 saturated carbocycles. The van der Waals surface area contributed by atoms with Gasteiger partial charge in [0.2, 0.25) is 0 Å². The Hall–Kier alpha value is -0.570. The van der Waals surface area contributed by atoms with Crippen LogP contribution in [-0.4, -0.2) is 22.8 Å². The quantitative estimate of drug-likeness (QED) is 0.741. The topological polar surface area (TPSA) is 46.5 Å². The minimum Gasteiger partial charge on any atom is -0.459 e. The maximum atomic E-state index is 11.4. The third kappa shape index (κ3) is 1.26. The summed E-state index contributed by atoms with van der Waals surface area (Å²) in [5.74, 6) is 0.949. The Kier molecular flexibility index (Phi) is 2.16. The lowest BCUT2D eigenvalue weighted by atomic mass is 9.31. The first kappa shape index (κ1) is 12.2. The molecule has 2 bridgehead atoms. The highest BCUT2D eigenvalue weighted by Crippen LogP contribution is 2.84. The van der Waals surface area contributed by atoms with Crippen molar-refractivity contribution in [2.75, 3.05) is 0 Å². The summed E-state index contributed by atoms with van der Waals surface area (Å²) >= 11 is 0. The van der Waals surface area contributed by atoms with E-state index in [4.69, 9.17) is 4.74 Å². The molecule has 0 aromatic heterocycles. The lowest BCUT2D eigenvalue weighted by Crippen LogP contribution is -2.76. The maximum absolute atomic E-state index is 11.4. The average Bonchev–Trinajstić information content (AvgIpc) is 2.42. The predicted octanol–water partition coefficient (Wildman–Crippen LogP) is 2.66. The smallest absolute Gasteiger partial charge is 0.303 e. The van der Waals surface area contributed by atoms with E-state index in [1.807, 2.05) is 0 Å². The summed E-state index contributed by atoms with van der Waals surface area (Å²) in [7, 11) is 0. The molecule has 19 heavy (non-hydrogen) atoms. The van der Waals surface area contributed by atoms with Gasteiger partial charge in [-0.05, 0) is 49.9 Å². The number of hydrogen-bond acceptors (Lipinski definition) is 3. The van der Waals surface area contributed by atoms with E-state index in [1.165, 1.54) is 32.6 Å². The van der Waals surface area contributed by atoms with E-state index >= 15 is 0 Å². The molecule has 3 nitrogen and oxygen atoms in total. The first-order valence-electron chi connectivity index (χ1n) is 7.80. The molecular formula is C16H24O3. The number of hydrogen-bond donors (Lipinski definition) is 1. The van der Waals surface area contributed by atoms with Gasteiger partial charge < -0.3 is 9.84 Å². The van der Waals surface area contributed by atoms with Crippen LogP contribution in [0.25, 0.3) is 0 Å². The molecule has 0 saturated heterocycles. The van der Waals surface area contributed by atoms with E-state index < -0.39 is 0 Å². The standard InChI is InChI=1S/C16H24O3/c1-10-3-4-14-5-6-16(19-11(2)17)9-15(8-14,13(14)16)12(18)7-10/h10,12-13,18H,3-9H2,1-2H3. The molecule has 0 aromatic rings. The van der Waals surface area contributed by atoms with Crippen LogP contribution >= 0.6 is 0 Å². The number of esters is 1. The number of carbonyl (C=O) groups excluding carboxylic acids is 1. The Morgan fingerprint density at radius 2 is 2.05 bits per heavy atom. The molecule has 3 heteroatoms. The molecule has 4 rings (SSSR count). The Morgan fingerprint density at radius 3 is 2.79 bits per heavy atom. The number of rotatable bonds is 1. The summed E-state index contributed by atoms with van der Waals surface area (Å²) in [5.41, 5.74) is 0.287. The van der Waals surface area contributed by atoms with E-state index in [2.05, 4.69) is 6.92 Å². The van der Waals surface area contributed by atoms with Crippen LogP contribution in [0, 0.1) is 22.7 Å². The van der Waals surface area contributed by atoms with E-state index in [0.29, 0.717) is 17.3 Å². The average molecular weight is 264 g/mol. The van der Waals surface area contributed by atoms with Crippen LogP contribution in [0.5, 0.6) is 0 Å². The van der Waals surface area contributed by atoms with Crippen molar-refractivity contribution in [2.24, 2.45) is 22.7 Å². The minimum atomic E-state index is -0.203. The second-order valence-corrected chi connectivity index (χ2v) is 7.94. The second-order valence-electron chi connectivity index (χ2n) is 7.94. The first-order valence-corrected chi connectivity index (χ1v) is 7.80. The van der Waals surface area contributed by atoms with Crippen LogP contribution in [0.15, 0.2) is 0 Å². The first-order chi connectivity index (χ1) is 8.93. The van der Waals surface area contributed by atoms with Gasteiger partial charge in [-0.25, -0.2) is 0 Å². The van der Waals surface area contributed by atoms with Crippen molar-refractivity contribution in [1.82, 2.24) is 0 Å². The number of carbonyl (C=O) groups is 1. The Morgan fingerprint density at radius 1 is 1.26 bits per heavy atom. The van der Waals surface area contributed by atoms with Crippen molar-refractivity contribution in [3.63, 3.8) is 0 Å². The van der Waals surface area contributed by atoms with E-state index in [1.54, 1.807) is 0 Å². The van der Waals surface area contributed by atoms with Crippen LogP contribution < -0.4 is 0 Å². The lowest BCUT2D eigenvalue weighted by Gasteiger charge is -2.75. The highest BCUT2D eigenvalue weighted by Gasteiger charge is 2.84. The molecule has 2 spiro atoms. The molecule has 0 heterocycles. The zero-order valence-corrected chi connectivity index (χ0v) is 11.9. The van der Waals surface area contributed by atoms with Crippen molar-refractivity contribution in [3.8, 4) is 0 Å². The molecule has 106 valence electrons. The molecule has 4 aliphatic carbocycles. The van der Waals surface area contributed by atoms with E-state index in [9.17, 15) is 9.90 Å². The SMILES string of the molecule is CC(=O)OC12CCC34CCC(C)CC(O)C(C3)(C1)C42. The molecule has 4 fully saturated rings. The van der Waals surface area contributed by atoms with Gasteiger partial charge in [0.15, 0.2) is 0 Å². The van der Waals surface area contributed by atoms with Crippen LogP contribution in [0.4, 0.5) is 0 Å². The molecule has 6 atom stereocenters. The summed E-state index contributed by atoms with van der Waals surface area (Å²) in [6, 6.07) is 0. The fourth-order valence-electron chi connectivity index (χ4n) is 6.52. The summed E-state index contributed by atoms with van der Waals surface area (Å²) in [6.45, 7) is 3.79. The van der Waals surface area contributed by atoms with E-state index in [0.717, 1.165) is 19.3 Å². The third-order valence-corrected chi connectivity index (χ3v) is 6.84. The van der Waals surface area contributed by atoms with Gasteiger partial charge in [-0.15, -0.1) is 0 Å². The summed E-state index contributed by atoms with van der Waals surface area (Å²) in [4.78, 5) is 11.4.